The predicted molar refractivity (Wildman–Crippen MR) is 98.2 cm³/mol. The van der Waals surface area contributed by atoms with Gasteiger partial charge in [-0.15, -0.1) is 0 Å². The minimum absolute atomic E-state index is 0.0272. The minimum Gasteiger partial charge on any atom is -0.444 e. The molecule has 0 radical (unpaired) electrons. The van der Waals surface area contributed by atoms with Gasteiger partial charge < -0.3 is 20.9 Å². The van der Waals surface area contributed by atoms with E-state index in [2.05, 4.69) is 5.32 Å². The van der Waals surface area contributed by atoms with E-state index in [9.17, 15) is 18.7 Å². The smallest absolute Gasteiger partial charge is 0.408 e. The zero-order valence-corrected chi connectivity index (χ0v) is 16.6. The predicted octanol–water partition coefficient (Wildman–Crippen LogP) is 3.97. The molecule has 1 fully saturated rings. The van der Waals surface area contributed by atoms with E-state index in [0.29, 0.717) is 12.8 Å². The third kappa shape index (κ3) is 7.35. The lowest BCUT2D eigenvalue weighted by atomic mass is 9.82. The summed E-state index contributed by atoms with van der Waals surface area (Å²) in [5.41, 5.74) is 5.14. The van der Waals surface area contributed by atoms with Crippen molar-refractivity contribution >= 4 is 6.09 Å². The van der Waals surface area contributed by atoms with Crippen LogP contribution in [0, 0.1) is 5.92 Å². The van der Waals surface area contributed by atoms with Crippen LogP contribution in [0.2, 0.25) is 0 Å². The highest BCUT2D eigenvalue weighted by Gasteiger charge is 2.49. The van der Waals surface area contributed by atoms with Crippen LogP contribution in [0.5, 0.6) is 0 Å². The Bertz CT molecular complexity index is 435. The fourth-order valence-corrected chi connectivity index (χ4v) is 3.53. The number of aliphatic hydroxyl groups is 1. The Morgan fingerprint density at radius 1 is 1.27 bits per heavy atom. The molecule has 5 nitrogen and oxygen atoms in total. The van der Waals surface area contributed by atoms with Gasteiger partial charge in [-0.2, -0.15) is 0 Å². The highest BCUT2D eigenvalue weighted by molar-refractivity contribution is 5.68. The number of halogens is 2. The molecule has 0 aliphatic heterocycles. The van der Waals surface area contributed by atoms with Crippen molar-refractivity contribution in [1.82, 2.24) is 5.32 Å². The Kier molecular flexibility index (Phi) is 8.73. The van der Waals surface area contributed by atoms with E-state index in [0.717, 1.165) is 25.7 Å². The maximum absolute atomic E-state index is 14.9. The average molecular weight is 379 g/mol. The topological polar surface area (TPSA) is 84.6 Å². The van der Waals surface area contributed by atoms with Gasteiger partial charge in [0.15, 0.2) is 0 Å². The molecular weight excluding hydrogens is 342 g/mol. The molecule has 0 saturated heterocycles. The molecule has 4 N–H and O–H groups in total. The molecule has 1 aliphatic carbocycles. The number of carbonyl (C=O) groups excluding carboxylic acids is 1. The lowest BCUT2D eigenvalue weighted by Gasteiger charge is -2.35. The first-order valence-electron chi connectivity index (χ1n) is 9.78. The molecule has 3 unspecified atom stereocenters. The number of aliphatic hydroxyl groups excluding tert-OH is 1. The third-order valence-electron chi connectivity index (χ3n) is 4.86. The van der Waals surface area contributed by atoms with E-state index >= 15 is 0 Å². The van der Waals surface area contributed by atoms with Crippen LogP contribution >= 0.6 is 0 Å². The highest BCUT2D eigenvalue weighted by atomic mass is 19.3. The molecule has 26 heavy (non-hydrogen) atoms. The van der Waals surface area contributed by atoms with Crippen LogP contribution in [0.1, 0.15) is 79.1 Å². The summed E-state index contributed by atoms with van der Waals surface area (Å²) >= 11 is 0. The minimum atomic E-state index is -3.53. The van der Waals surface area contributed by atoms with Crippen molar-refractivity contribution in [2.45, 2.75) is 109 Å². The second-order valence-electron chi connectivity index (χ2n) is 8.51. The van der Waals surface area contributed by atoms with Gasteiger partial charge in [0.25, 0.3) is 5.92 Å². The second-order valence-corrected chi connectivity index (χ2v) is 8.51. The van der Waals surface area contributed by atoms with Gasteiger partial charge in [0.05, 0.1) is 6.04 Å². The summed E-state index contributed by atoms with van der Waals surface area (Å²) in [4.78, 5) is 11.9. The summed E-state index contributed by atoms with van der Waals surface area (Å²) in [6.45, 7) is 6.73. The highest BCUT2D eigenvalue weighted by Crippen LogP contribution is 2.32. The number of alkyl halides is 2. The van der Waals surface area contributed by atoms with E-state index in [1.54, 1.807) is 27.7 Å². The molecule has 1 amide bonds. The summed E-state index contributed by atoms with van der Waals surface area (Å²) < 4.78 is 34.8. The standard InChI is InChI=1S/C19H36F2N2O3/c1-5-9-15(23-17(25)26-18(2,3)4)19(20,21)16(24)14(22)12-13-10-7-6-8-11-13/h13-16,24H,5-12,22H2,1-4H3,(H,23,25). The Balaban J connectivity index is 2.74. The molecule has 0 bridgehead atoms. The zero-order valence-electron chi connectivity index (χ0n) is 16.6. The van der Waals surface area contributed by atoms with E-state index in [-0.39, 0.29) is 12.3 Å². The first-order chi connectivity index (χ1) is 12.0. The van der Waals surface area contributed by atoms with Crippen LogP contribution in [-0.2, 0) is 4.74 Å². The van der Waals surface area contributed by atoms with Gasteiger partial charge in [0, 0.05) is 6.04 Å². The van der Waals surface area contributed by atoms with Crippen LogP contribution < -0.4 is 11.1 Å². The second kappa shape index (κ2) is 9.83. The first kappa shape index (κ1) is 23.1. The number of alkyl carbamates (subject to hydrolysis) is 1. The monoisotopic (exact) mass is 378 g/mol. The maximum atomic E-state index is 14.9. The molecule has 0 aromatic carbocycles. The zero-order chi connectivity index (χ0) is 20.0. The van der Waals surface area contributed by atoms with E-state index in [1.807, 2.05) is 0 Å². The summed E-state index contributed by atoms with van der Waals surface area (Å²) in [7, 11) is 0. The van der Waals surface area contributed by atoms with E-state index < -0.39 is 35.8 Å². The van der Waals surface area contributed by atoms with Gasteiger partial charge in [-0.25, -0.2) is 13.6 Å². The molecule has 1 rings (SSSR count). The summed E-state index contributed by atoms with van der Waals surface area (Å²) in [5, 5.41) is 12.5. The van der Waals surface area contributed by atoms with Crippen LogP contribution in [0.15, 0.2) is 0 Å². The van der Waals surface area contributed by atoms with E-state index in [4.69, 9.17) is 10.5 Å². The van der Waals surface area contributed by atoms with Crippen molar-refractivity contribution in [1.29, 1.82) is 0 Å². The van der Waals surface area contributed by atoms with Crippen molar-refractivity contribution in [2.75, 3.05) is 0 Å². The average Bonchev–Trinajstić information content (AvgIpc) is 2.52. The molecule has 0 aromatic rings. The molecule has 7 heteroatoms. The van der Waals surface area contributed by atoms with Crippen molar-refractivity contribution in [3.63, 3.8) is 0 Å². The summed E-state index contributed by atoms with van der Waals surface area (Å²) in [5.74, 6) is -3.24. The number of nitrogens with two attached hydrogens (primary N) is 1. The maximum Gasteiger partial charge on any atom is 0.408 e. The Morgan fingerprint density at radius 2 is 1.85 bits per heavy atom. The van der Waals surface area contributed by atoms with Crippen LogP contribution in [0.4, 0.5) is 13.6 Å². The van der Waals surface area contributed by atoms with Gasteiger partial charge in [0.2, 0.25) is 0 Å². The number of nitrogens with one attached hydrogen (secondary N) is 1. The fraction of sp³-hybridized carbons (Fsp3) is 0.947. The first-order valence-corrected chi connectivity index (χ1v) is 9.78. The van der Waals surface area contributed by atoms with Gasteiger partial charge in [-0.1, -0.05) is 45.4 Å². The van der Waals surface area contributed by atoms with Crippen molar-refractivity contribution in [2.24, 2.45) is 11.7 Å². The fourth-order valence-electron chi connectivity index (χ4n) is 3.53. The molecular formula is C19H36F2N2O3. The third-order valence-corrected chi connectivity index (χ3v) is 4.86. The van der Waals surface area contributed by atoms with Gasteiger partial charge in [-0.3, -0.25) is 0 Å². The van der Waals surface area contributed by atoms with Gasteiger partial charge in [0.1, 0.15) is 11.7 Å². The Labute approximate surface area is 156 Å². The number of hydrogen-bond donors (Lipinski definition) is 3. The summed E-state index contributed by atoms with van der Waals surface area (Å²) in [6, 6.07) is -2.54. The van der Waals surface area contributed by atoms with Crippen LogP contribution in [-0.4, -0.2) is 40.9 Å². The quantitative estimate of drug-likeness (QED) is 0.596. The van der Waals surface area contributed by atoms with E-state index in [1.165, 1.54) is 6.42 Å². The number of amides is 1. The number of carbonyl (C=O) groups is 1. The van der Waals surface area contributed by atoms with Crippen molar-refractivity contribution in [3.05, 3.63) is 0 Å². The molecule has 154 valence electrons. The molecule has 0 aromatic heterocycles. The molecule has 3 atom stereocenters. The molecule has 0 heterocycles. The Hall–Kier alpha value is -0.950. The number of ether oxygens (including phenoxy) is 1. The summed E-state index contributed by atoms with van der Waals surface area (Å²) in [6.07, 6.45) is 3.21. The van der Waals surface area contributed by atoms with Crippen molar-refractivity contribution < 1.29 is 23.4 Å². The number of hydrogen-bond acceptors (Lipinski definition) is 4. The van der Waals surface area contributed by atoms with Crippen LogP contribution in [0.25, 0.3) is 0 Å². The Morgan fingerprint density at radius 3 is 2.35 bits per heavy atom. The SMILES string of the molecule is CCCC(NC(=O)OC(C)(C)C)C(F)(F)C(O)C(N)CC1CCCCC1. The molecule has 0 spiro atoms. The largest absolute Gasteiger partial charge is 0.444 e. The van der Waals surface area contributed by atoms with Crippen molar-refractivity contribution in [3.8, 4) is 0 Å². The lowest BCUT2D eigenvalue weighted by molar-refractivity contribution is -0.142. The number of rotatable bonds is 8. The van der Waals surface area contributed by atoms with Gasteiger partial charge in [-0.05, 0) is 39.5 Å². The van der Waals surface area contributed by atoms with Gasteiger partial charge >= 0.3 is 6.09 Å². The lowest BCUT2D eigenvalue weighted by Crippen LogP contribution is -2.59. The van der Waals surface area contributed by atoms with Crippen LogP contribution in [0.3, 0.4) is 0 Å². The molecule has 1 saturated carbocycles. The normalized spacial score (nSPS) is 20.3. The molecule has 1 aliphatic rings.